The molecule has 0 saturated carbocycles. The zero-order chi connectivity index (χ0) is 21.7. The van der Waals surface area contributed by atoms with Crippen molar-refractivity contribution in [2.45, 2.75) is 32.6 Å². The van der Waals surface area contributed by atoms with Gasteiger partial charge in [-0.1, -0.05) is 43.3 Å². The number of nitrogens with zero attached hydrogens (tertiary/aromatic N) is 1. The fourth-order valence-corrected chi connectivity index (χ4v) is 3.83. The van der Waals surface area contributed by atoms with Crippen LogP contribution in [0.2, 0.25) is 0 Å². The molecule has 5 nitrogen and oxygen atoms in total. The first-order valence-corrected chi connectivity index (χ1v) is 10.1. The molecule has 2 aromatic carbocycles. The first kappa shape index (κ1) is 21.4. The molecule has 0 radical (unpaired) electrons. The number of phenolic OH excluding ortho intramolecular Hbond substituents is 1. The summed E-state index contributed by atoms with van der Waals surface area (Å²) in [5.41, 5.74) is 2.93. The second-order valence-corrected chi connectivity index (χ2v) is 6.99. The van der Waals surface area contributed by atoms with Gasteiger partial charge in [0.25, 0.3) is 0 Å². The van der Waals surface area contributed by atoms with Crippen molar-refractivity contribution in [3.05, 3.63) is 77.6 Å². The number of phenols is 1. The molecule has 0 aliphatic rings. The van der Waals surface area contributed by atoms with Crippen LogP contribution in [0.4, 0.5) is 0 Å². The van der Waals surface area contributed by atoms with Crippen molar-refractivity contribution >= 4 is 16.7 Å². The number of benzene rings is 2. The van der Waals surface area contributed by atoms with E-state index in [0.29, 0.717) is 17.6 Å². The number of carbonyl (C=O) groups is 1. The topological polar surface area (TPSA) is 68.7 Å². The van der Waals surface area contributed by atoms with E-state index in [2.05, 4.69) is 25.6 Å². The van der Waals surface area contributed by atoms with E-state index in [4.69, 9.17) is 14.5 Å². The molecule has 1 N–H and O–H groups in total. The summed E-state index contributed by atoms with van der Waals surface area (Å²) in [4.78, 5) is 17.3. The number of ether oxygens (including phenoxy) is 2. The van der Waals surface area contributed by atoms with E-state index in [1.165, 1.54) is 7.11 Å². The van der Waals surface area contributed by atoms with Crippen LogP contribution in [0.5, 0.6) is 11.5 Å². The van der Waals surface area contributed by atoms with Gasteiger partial charge in [0.15, 0.2) is 11.5 Å². The summed E-state index contributed by atoms with van der Waals surface area (Å²) in [7, 11) is 1.51. The zero-order valence-electron chi connectivity index (χ0n) is 17.6. The van der Waals surface area contributed by atoms with Crippen molar-refractivity contribution in [2.75, 3.05) is 13.7 Å². The number of allylic oxidation sites excluding steroid dienone is 1. The van der Waals surface area contributed by atoms with Gasteiger partial charge >= 0.3 is 5.97 Å². The van der Waals surface area contributed by atoms with Gasteiger partial charge in [0.05, 0.1) is 19.4 Å². The molecule has 0 aliphatic heterocycles. The summed E-state index contributed by atoms with van der Waals surface area (Å²) < 4.78 is 10.6. The monoisotopic (exact) mass is 405 g/mol. The molecule has 1 heterocycles. The van der Waals surface area contributed by atoms with Gasteiger partial charge in [0, 0.05) is 16.7 Å². The lowest BCUT2D eigenvalue weighted by Crippen LogP contribution is -2.12. The molecule has 0 aliphatic carbocycles. The van der Waals surface area contributed by atoms with Gasteiger partial charge in [-0.2, -0.15) is 0 Å². The van der Waals surface area contributed by atoms with Crippen molar-refractivity contribution in [1.82, 2.24) is 4.98 Å². The molecule has 1 atom stereocenters. The molecule has 0 amide bonds. The molecule has 3 rings (SSSR count). The van der Waals surface area contributed by atoms with Gasteiger partial charge in [-0.25, -0.2) is 9.78 Å². The first-order valence-electron chi connectivity index (χ1n) is 10.1. The van der Waals surface area contributed by atoms with Crippen LogP contribution in [-0.2, 0) is 11.2 Å². The van der Waals surface area contributed by atoms with Crippen LogP contribution >= 0.6 is 0 Å². The van der Waals surface area contributed by atoms with E-state index in [1.54, 1.807) is 19.1 Å². The van der Waals surface area contributed by atoms with Crippen molar-refractivity contribution in [3.63, 3.8) is 0 Å². The first-order chi connectivity index (χ1) is 14.5. The fourth-order valence-electron chi connectivity index (χ4n) is 3.83. The Kier molecular flexibility index (Phi) is 6.72. The molecule has 3 aromatic rings. The van der Waals surface area contributed by atoms with E-state index >= 15 is 0 Å². The summed E-state index contributed by atoms with van der Waals surface area (Å²) in [5, 5.41) is 12.2. The summed E-state index contributed by atoms with van der Waals surface area (Å²) in [6, 6.07) is 13.4. The minimum absolute atomic E-state index is 0.0163. The van der Waals surface area contributed by atoms with Crippen molar-refractivity contribution < 1.29 is 19.4 Å². The lowest BCUT2D eigenvalue weighted by molar-refractivity contribution is 0.0519. The number of fused-ring (bicyclic) bond motifs is 1. The average molecular weight is 405 g/mol. The zero-order valence-corrected chi connectivity index (χ0v) is 17.6. The third-order valence-electron chi connectivity index (χ3n) is 5.17. The number of pyridine rings is 1. The number of carbonyl (C=O) groups excluding carboxylic acids is 1. The molecular formula is C25H27NO4. The molecule has 1 unspecified atom stereocenters. The van der Waals surface area contributed by atoms with Crippen LogP contribution < -0.4 is 4.74 Å². The molecule has 156 valence electrons. The van der Waals surface area contributed by atoms with E-state index in [-0.39, 0.29) is 24.0 Å². The van der Waals surface area contributed by atoms with Crippen LogP contribution in [0.1, 0.15) is 53.5 Å². The van der Waals surface area contributed by atoms with E-state index in [9.17, 15) is 9.90 Å². The number of methoxy groups -OCH3 is 1. The Labute approximate surface area is 177 Å². The number of rotatable bonds is 8. The molecule has 0 bridgehead atoms. The molecule has 0 spiro atoms. The maximum atomic E-state index is 12.6. The Morgan fingerprint density at radius 1 is 1.23 bits per heavy atom. The quantitative estimate of drug-likeness (QED) is 0.402. The third kappa shape index (κ3) is 4.01. The normalized spacial score (nSPS) is 11.8. The Bertz CT molecular complexity index is 1060. The SMILES string of the molecule is C=CCc1cc(OC)c(O)c2cc(C(=O)OCC)nc(C(CC)c3ccccc3)c12. The number of hydrogen-bond donors (Lipinski definition) is 1. The van der Waals surface area contributed by atoms with Gasteiger partial charge in [-0.05, 0) is 43.0 Å². The van der Waals surface area contributed by atoms with E-state index in [1.807, 2.05) is 24.3 Å². The van der Waals surface area contributed by atoms with Gasteiger partial charge in [0.2, 0.25) is 0 Å². The van der Waals surface area contributed by atoms with Gasteiger partial charge < -0.3 is 14.6 Å². The second kappa shape index (κ2) is 9.44. The van der Waals surface area contributed by atoms with Crippen molar-refractivity contribution in [1.29, 1.82) is 0 Å². The lowest BCUT2D eigenvalue weighted by atomic mass is 9.87. The van der Waals surface area contributed by atoms with Crippen molar-refractivity contribution in [3.8, 4) is 11.5 Å². The van der Waals surface area contributed by atoms with Gasteiger partial charge in [-0.15, -0.1) is 6.58 Å². The summed E-state index contributed by atoms with van der Waals surface area (Å²) in [5.74, 6) is -0.244. The Morgan fingerprint density at radius 2 is 1.97 bits per heavy atom. The predicted molar refractivity (Wildman–Crippen MR) is 118 cm³/mol. The molecule has 0 fully saturated rings. The van der Waals surface area contributed by atoms with Crippen LogP contribution in [0.3, 0.4) is 0 Å². The Morgan fingerprint density at radius 3 is 2.57 bits per heavy atom. The van der Waals surface area contributed by atoms with Crippen LogP contribution in [0, 0.1) is 0 Å². The van der Waals surface area contributed by atoms with Gasteiger partial charge in [0.1, 0.15) is 5.69 Å². The minimum atomic E-state index is -0.518. The predicted octanol–water partition coefficient (Wildman–Crippen LogP) is 5.40. The highest BCUT2D eigenvalue weighted by Gasteiger charge is 2.24. The largest absolute Gasteiger partial charge is 0.504 e. The third-order valence-corrected chi connectivity index (χ3v) is 5.17. The molecule has 30 heavy (non-hydrogen) atoms. The van der Waals surface area contributed by atoms with Crippen LogP contribution in [0.25, 0.3) is 10.8 Å². The lowest BCUT2D eigenvalue weighted by Gasteiger charge is -2.21. The number of aromatic nitrogens is 1. The summed E-state index contributed by atoms with van der Waals surface area (Å²) >= 11 is 0. The maximum absolute atomic E-state index is 12.6. The van der Waals surface area contributed by atoms with E-state index < -0.39 is 5.97 Å². The highest BCUT2D eigenvalue weighted by molar-refractivity contribution is 6.00. The van der Waals surface area contributed by atoms with Gasteiger partial charge in [-0.3, -0.25) is 0 Å². The highest BCUT2D eigenvalue weighted by Crippen LogP contribution is 2.42. The second-order valence-electron chi connectivity index (χ2n) is 6.99. The molecular weight excluding hydrogens is 378 g/mol. The molecule has 1 aromatic heterocycles. The highest BCUT2D eigenvalue weighted by atomic mass is 16.5. The summed E-state index contributed by atoms with van der Waals surface area (Å²) in [6.45, 7) is 7.94. The summed E-state index contributed by atoms with van der Waals surface area (Å²) in [6.07, 6.45) is 3.16. The van der Waals surface area contributed by atoms with Crippen LogP contribution in [0.15, 0.2) is 55.1 Å². The Hall–Kier alpha value is -3.34. The Balaban J connectivity index is 2.41. The van der Waals surface area contributed by atoms with E-state index in [0.717, 1.165) is 28.6 Å². The maximum Gasteiger partial charge on any atom is 0.356 e. The molecule has 0 saturated heterocycles. The molecule has 5 heteroatoms. The number of aromatic hydroxyl groups is 1. The standard InChI is InChI=1S/C25H27NO4/c1-5-11-17-14-21(29-4)24(27)19-15-20(25(28)30-7-3)26-23(22(17)19)18(6-2)16-12-9-8-10-13-16/h5,8-10,12-15,18,27H,1,6-7,11H2,2-4H3. The number of esters is 1. The fraction of sp³-hybridized carbons (Fsp3) is 0.280. The minimum Gasteiger partial charge on any atom is -0.504 e. The van der Waals surface area contributed by atoms with Crippen molar-refractivity contribution in [2.24, 2.45) is 0 Å². The average Bonchev–Trinajstić information content (AvgIpc) is 2.77. The number of hydrogen-bond acceptors (Lipinski definition) is 5. The smallest absolute Gasteiger partial charge is 0.356 e. The van der Waals surface area contributed by atoms with Crippen LogP contribution in [-0.4, -0.2) is 29.8 Å².